The van der Waals surface area contributed by atoms with Crippen molar-refractivity contribution in [2.24, 2.45) is 0 Å². The highest BCUT2D eigenvalue weighted by Gasteiger charge is 2.21. The van der Waals surface area contributed by atoms with Gasteiger partial charge in [-0.3, -0.25) is 0 Å². The summed E-state index contributed by atoms with van der Waals surface area (Å²) < 4.78 is 11.4. The first-order valence-corrected chi connectivity index (χ1v) is 7.09. The fourth-order valence-electron chi connectivity index (χ4n) is 2.35. The standard InChI is InChI=1S/C15H23NO4/c1-3-19-14-5-11-4-10(2)20-15(11)6-12(14)7-16-8-13(18)9-17/h5-6,10,13,16-18H,3-4,7-9H2,1-2H3. The van der Waals surface area contributed by atoms with Crippen molar-refractivity contribution in [3.05, 3.63) is 23.3 Å². The molecule has 2 rings (SSSR count). The fraction of sp³-hybridized carbons (Fsp3) is 0.600. The minimum absolute atomic E-state index is 0.207. The Balaban J connectivity index is 2.08. The molecule has 1 heterocycles. The lowest BCUT2D eigenvalue weighted by molar-refractivity contribution is 0.0941. The van der Waals surface area contributed by atoms with Crippen LogP contribution in [0, 0.1) is 0 Å². The Bertz CT molecular complexity index is 450. The van der Waals surface area contributed by atoms with Gasteiger partial charge in [-0.2, -0.15) is 0 Å². The van der Waals surface area contributed by atoms with E-state index in [4.69, 9.17) is 14.6 Å². The van der Waals surface area contributed by atoms with E-state index in [2.05, 4.69) is 12.2 Å². The molecule has 0 fully saturated rings. The SMILES string of the molecule is CCOc1cc2c(cc1CNCC(O)CO)OC(C)C2. The summed E-state index contributed by atoms with van der Waals surface area (Å²) in [6.45, 7) is 5.29. The van der Waals surface area contributed by atoms with Gasteiger partial charge in [0.05, 0.1) is 19.3 Å². The minimum atomic E-state index is -0.740. The van der Waals surface area contributed by atoms with E-state index >= 15 is 0 Å². The summed E-state index contributed by atoms with van der Waals surface area (Å²) in [4.78, 5) is 0. The molecule has 5 nitrogen and oxygen atoms in total. The molecule has 0 saturated heterocycles. The zero-order chi connectivity index (χ0) is 14.5. The molecule has 0 radical (unpaired) electrons. The van der Waals surface area contributed by atoms with Gasteiger partial charge in [0.25, 0.3) is 0 Å². The van der Waals surface area contributed by atoms with Crippen LogP contribution < -0.4 is 14.8 Å². The lowest BCUT2D eigenvalue weighted by Gasteiger charge is -2.14. The first kappa shape index (κ1) is 15.1. The zero-order valence-corrected chi connectivity index (χ0v) is 12.1. The Labute approximate surface area is 119 Å². The lowest BCUT2D eigenvalue weighted by atomic mass is 10.1. The maximum atomic E-state index is 9.33. The van der Waals surface area contributed by atoms with Crippen LogP contribution in [0.2, 0.25) is 0 Å². The topological polar surface area (TPSA) is 71.0 Å². The van der Waals surface area contributed by atoms with E-state index in [0.717, 1.165) is 23.5 Å². The largest absolute Gasteiger partial charge is 0.494 e. The molecule has 0 saturated carbocycles. The van der Waals surface area contributed by atoms with Crippen LogP contribution in [-0.2, 0) is 13.0 Å². The van der Waals surface area contributed by atoms with Crippen molar-refractivity contribution in [3.8, 4) is 11.5 Å². The lowest BCUT2D eigenvalue weighted by Crippen LogP contribution is -2.29. The minimum Gasteiger partial charge on any atom is -0.494 e. The van der Waals surface area contributed by atoms with Crippen LogP contribution in [0.5, 0.6) is 11.5 Å². The number of fused-ring (bicyclic) bond motifs is 1. The van der Waals surface area contributed by atoms with E-state index in [9.17, 15) is 5.11 Å². The zero-order valence-electron chi connectivity index (χ0n) is 12.1. The second kappa shape index (κ2) is 6.92. The summed E-state index contributed by atoms with van der Waals surface area (Å²) in [6.07, 6.45) is 0.377. The number of rotatable bonds is 7. The molecule has 0 amide bonds. The van der Waals surface area contributed by atoms with E-state index in [1.807, 2.05) is 19.1 Å². The molecule has 1 aromatic rings. The van der Waals surface area contributed by atoms with Crippen molar-refractivity contribution >= 4 is 0 Å². The Morgan fingerprint density at radius 1 is 1.50 bits per heavy atom. The molecule has 1 aliphatic rings. The predicted molar refractivity (Wildman–Crippen MR) is 76.2 cm³/mol. The third-order valence-corrected chi connectivity index (χ3v) is 3.29. The number of aliphatic hydroxyl groups is 2. The number of aliphatic hydroxyl groups excluding tert-OH is 2. The molecule has 0 aromatic heterocycles. The average Bonchev–Trinajstić information content (AvgIpc) is 2.78. The third kappa shape index (κ3) is 3.62. The van der Waals surface area contributed by atoms with Crippen molar-refractivity contribution in [2.45, 2.75) is 39.0 Å². The maximum absolute atomic E-state index is 9.33. The summed E-state index contributed by atoms with van der Waals surface area (Å²) in [5.41, 5.74) is 2.19. The van der Waals surface area contributed by atoms with Crippen LogP contribution in [0.1, 0.15) is 25.0 Å². The third-order valence-electron chi connectivity index (χ3n) is 3.29. The van der Waals surface area contributed by atoms with Crippen molar-refractivity contribution in [2.75, 3.05) is 19.8 Å². The van der Waals surface area contributed by atoms with E-state index < -0.39 is 6.10 Å². The van der Waals surface area contributed by atoms with Crippen LogP contribution in [-0.4, -0.2) is 42.2 Å². The van der Waals surface area contributed by atoms with Crippen LogP contribution in [0.3, 0.4) is 0 Å². The quantitative estimate of drug-likeness (QED) is 0.691. The fourth-order valence-corrected chi connectivity index (χ4v) is 2.35. The van der Waals surface area contributed by atoms with Crippen molar-refractivity contribution < 1.29 is 19.7 Å². The molecule has 0 spiro atoms. The second-order valence-electron chi connectivity index (χ2n) is 5.10. The Kier molecular flexibility index (Phi) is 5.23. The van der Waals surface area contributed by atoms with Crippen LogP contribution in [0.4, 0.5) is 0 Å². The van der Waals surface area contributed by atoms with Gasteiger partial charge in [-0.1, -0.05) is 0 Å². The summed E-state index contributed by atoms with van der Waals surface area (Å²) in [7, 11) is 0. The van der Waals surface area contributed by atoms with Gasteiger partial charge in [0, 0.05) is 30.6 Å². The van der Waals surface area contributed by atoms with Gasteiger partial charge < -0.3 is 25.0 Å². The molecule has 20 heavy (non-hydrogen) atoms. The highest BCUT2D eigenvalue weighted by molar-refractivity contribution is 5.48. The Morgan fingerprint density at radius 2 is 2.30 bits per heavy atom. The summed E-state index contributed by atoms with van der Waals surface area (Å²) >= 11 is 0. The number of hydrogen-bond acceptors (Lipinski definition) is 5. The van der Waals surface area contributed by atoms with Crippen molar-refractivity contribution in [3.63, 3.8) is 0 Å². The Morgan fingerprint density at radius 3 is 3.00 bits per heavy atom. The van der Waals surface area contributed by atoms with Gasteiger partial charge in [-0.25, -0.2) is 0 Å². The summed E-state index contributed by atoms with van der Waals surface area (Å²) in [6, 6.07) is 4.05. The Hall–Kier alpha value is -1.30. The van der Waals surface area contributed by atoms with Gasteiger partial charge in [-0.15, -0.1) is 0 Å². The number of benzene rings is 1. The van der Waals surface area contributed by atoms with Crippen LogP contribution in [0.15, 0.2) is 12.1 Å². The maximum Gasteiger partial charge on any atom is 0.124 e. The smallest absolute Gasteiger partial charge is 0.124 e. The molecule has 5 heteroatoms. The molecule has 112 valence electrons. The van der Waals surface area contributed by atoms with Crippen molar-refractivity contribution in [1.29, 1.82) is 0 Å². The molecule has 2 unspecified atom stereocenters. The summed E-state index contributed by atoms with van der Waals surface area (Å²) in [5, 5.41) is 21.2. The van der Waals surface area contributed by atoms with E-state index in [1.54, 1.807) is 0 Å². The first-order valence-electron chi connectivity index (χ1n) is 7.09. The van der Waals surface area contributed by atoms with Crippen LogP contribution in [0.25, 0.3) is 0 Å². The van der Waals surface area contributed by atoms with E-state index in [1.165, 1.54) is 5.56 Å². The van der Waals surface area contributed by atoms with Gasteiger partial charge in [0.15, 0.2) is 0 Å². The molecule has 1 aliphatic heterocycles. The highest BCUT2D eigenvalue weighted by atomic mass is 16.5. The second-order valence-corrected chi connectivity index (χ2v) is 5.10. The van der Waals surface area contributed by atoms with E-state index in [0.29, 0.717) is 19.7 Å². The molecule has 3 N–H and O–H groups in total. The normalized spacial score (nSPS) is 18.5. The van der Waals surface area contributed by atoms with Gasteiger partial charge in [0.2, 0.25) is 0 Å². The monoisotopic (exact) mass is 281 g/mol. The number of ether oxygens (including phenoxy) is 2. The predicted octanol–water partition coefficient (Wildman–Crippen LogP) is 0.851. The highest BCUT2D eigenvalue weighted by Crippen LogP contribution is 2.35. The van der Waals surface area contributed by atoms with Gasteiger partial charge >= 0.3 is 0 Å². The van der Waals surface area contributed by atoms with Crippen molar-refractivity contribution in [1.82, 2.24) is 5.32 Å². The molecule has 0 aliphatic carbocycles. The first-order chi connectivity index (χ1) is 9.63. The molecule has 0 bridgehead atoms. The molecule has 2 atom stereocenters. The molecule has 1 aromatic carbocycles. The van der Waals surface area contributed by atoms with Gasteiger partial charge in [0.1, 0.15) is 17.6 Å². The molecular weight excluding hydrogens is 258 g/mol. The van der Waals surface area contributed by atoms with Crippen LogP contribution >= 0.6 is 0 Å². The molecular formula is C15H23NO4. The van der Waals surface area contributed by atoms with E-state index in [-0.39, 0.29) is 12.7 Å². The average molecular weight is 281 g/mol. The number of nitrogens with one attached hydrogen (secondary N) is 1. The number of hydrogen-bond donors (Lipinski definition) is 3. The summed E-state index contributed by atoms with van der Waals surface area (Å²) in [5.74, 6) is 1.77. The van der Waals surface area contributed by atoms with Gasteiger partial charge in [-0.05, 0) is 26.0 Å².